The first-order valence-electron chi connectivity index (χ1n) is 11.4. The van der Waals surface area contributed by atoms with Crippen LogP contribution in [0.2, 0.25) is 0 Å². The van der Waals surface area contributed by atoms with Crippen molar-refractivity contribution in [3.63, 3.8) is 0 Å². The first-order chi connectivity index (χ1) is 15.7. The molecule has 2 heterocycles. The Morgan fingerprint density at radius 1 is 1.33 bits per heavy atom. The maximum atomic E-state index is 13.3. The van der Waals surface area contributed by atoms with Gasteiger partial charge in [-0.05, 0) is 45.1 Å². The largest absolute Gasteiger partial charge is 0.449 e. The van der Waals surface area contributed by atoms with Crippen LogP contribution in [0.4, 0.5) is 9.18 Å². The van der Waals surface area contributed by atoms with Gasteiger partial charge in [-0.3, -0.25) is 4.79 Å². The van der Waals surface area contributed by atoms with Gasteiger partial charge in [-0.25, -0.2) is 9.18 Å². The average molecular weight is 461 g/mol. The van der Waals surface area contributed by atoms with Crippen molar-refractivity contribution in [2.75, 3.05) is 19.7 Å². The topological polar surface area (TPSA) is 111 Å². The molecule has 3 rings (SSSR count). The van der Waals surface area contributed by atoms with Gasteiger partial charge in [-0.1, -0.05) is 35.5 Å². The number of hydrogen-bond acceptors (Lipinski definition) is 6. The van der Waals surface area contributed by atoms with Gasteiger partial charge in [0.1, 0.15) is 18.1 Å². The number of aryl methyl sites for hydroxylation is 1. The first kappa shape index (κ1) is 24.7. The maximum absolute atomic E-state index is 13.3. The van der Waals surface area contributed by atoms with Crippen molar-refractivity contribution in [1.29, 1.82) is 0 Å². The Hall–Kier alpha value is -2.94. The molecule has 2 atom stereocenters. The van der Waals surface area contributed by atoms with E-state index >= 15 is 0 Å². The Kier molecular flexibility index (Phi) is 8.43. The van der Waals surface area contributed by atoms with Crippen molar-refractivity contribution < 1.29 is 23.2 Å². The Morgan fingerprint density at radius 3 is 2.76 bits per heavy atom. The third-order valence-electron chi connectivity index (χ3n) is 5.68. The molecule has 0 saturated carbocycles. The van der Waals surface area contributed by atoms with Crippen LogP contribution in [0.5, 0.6) is 0 Å². The zero-order chi connectivity index (χ0) is 23.8. The Bertz CT molecular complexity index is 913. The van der Waals surface area contributed by atoms with Crippen LogP contribution < -0.4 is 11.1 Å². The molecular formula is C24H33FN4O4. The molecule has 1 aliphatic heterocycles. The number of halogens is 1. The molecule has 0 radical (unpaired) electrons. The maximum Gasteiger partial charge on any atom is 0.409 e. The first-order valence-corrected chi connectivity index (χ1v) is 11.4. The van der Waals surface area contributed by atoms with E-state index in [1.54, 1.807) is 13.8 Å². The van der Waals surface area contributed by atoms with Gasteiger partial charge < -0.3 is 25.2 Å². The van der Waals surface area contributed by atoms with Crippen LogP contribution in [0.25, 0.3) is 0 Å². The number of carbonyl (C=O) groups excluding carboxylic acids is 2. The molecule has 0 bridgehead atoms. The molecule has 1 aliphatic rings. The second kappa shape index (κ2) is 11.3. The van der Waals surface area contributed by atoms with E-state index < -0.39 is 17.8 Å². The van der Waals surface area contributed by atoms with E-state index in [2.05, 4.69) is 22.6 Å². The molecule has 0 unspecified atom stereocenters. The van der Waals surface area contributed by atoms with Crippen LogP contribution in [0, 0.1) is 0 Å². The fourth-order valence-corrected chi connectivity index (χ4v) is 3.74. The van der Waals surface area contributed by atoms with Crippen LogP contribution in [0.15, 0.2) is 41.1 Å². The highest BCUT2D eigenvalue weighted by molar-refractivity contribution is 5.85. The van der Waals surface area contributed by atoms with E-state index in [0.717, 1.165) is 18.4 Å². The zero-order valence-electron chi connectivity index (χ0n) is 19.3. The molecule has 1 aromatic heterocycles. The number of likely N-dealkylation sites (tertiary alicyclic amines) is 1. The number of carbonyl (C=O) groups is 2. The monoisotopic (exact) mass is 460 g/mol. The van der Waals surface area contributed by atoms with Gasteiger partial charge in [-0.15, -0.1) is 0 Å². The molecule has 2 aromatic rings. The number of ether oxygens (including phenoxy) is 1. The molecular weight excluding hydrogens is 427 g/mol. The molecule has 9 heteroatoms. The third kappa shape index (κ3) is 7.28. The molecule has 33 heavy (non-hydrogen) atoms. The molecule has 1 fully saturated rings. The number of nitrogens with two attached hydrogens (primary N) is 1. The summed E-state index contributed by atoms with van der Waals surface area (Å²) in [5.74, 6) is -0.289. The smallest absolute Gasteiger partial charge is 0.409 e. The molecule has 3 N–H and O–H groups in total. The van der Waals surface area contributed by atoms with Crippen molar-refractivity contribution in [1.82, 2.24) is 15.4 Å². The normalized spacial score (nSPS) is 17.1. The number of amides is 2. The van der Waals surface area contributed by atoms with Crippen LogP contribution in [0.1, 0.15) is 56.0 Å². The van der Waals surface area contributed by atoms with Crippen LogP contribution in [-0.2, 0) is 22.4 Å². The predicted molar refractivity (Wildman–Crippen MR) is 121 cm³/mol. The lowest BCUT2D eigenvalue weighted by Crippen LogP contribution is -2.50. The number of benzene rings is 1. The van der Waals surface area contributed by atoms with Gasteiger partial charge in [0.25, 0.3) is 0 Å². The van der Waals surface area contributed by atoms with Crippen molar-refractivity contribution in [2.24, 2.45) is 5.73 Å². The highest BCUT2D eigenvalue weighted by Gasteiger charge is 2.29. The fraction of sp³-hybridized carbons (Fsp3) is 0.542. The minimum Gasteiger partial charge on any atom is -0.449 e. The minimum atomic E-state index is -1.04. The summed E-state index contributed by atoms with van der Waals surface area (Å²) in [6, 6.07) is 9.72. The molecule has 1 aromatic carbocycles. The van der Waals surface area contributed by atoms with Gasteiger partial charge in [0.2, 0.25) is 5.91 Å². The van der Waals surface area contributed by atoms with E-state index in [9.17, 15) is 14.0 Å². The highest BCUT2D eigenvalue weighted by atomic mass is 19.1. The zero-order valence-corrected chi connectivity index (χ0v) is 19.3. The van der Waals surface area contributed by atoms with E-state index in [-0.39, 0.29) is 25.1 Å². The van der Waals surface area contributed by atoms with Crippen molar-refractivity contribution in [2.45, 2.75) is 63.7 Å². The van der Waals surface area contributed by atoms with E-state index in [1.807, 2.05) is 18.2 Å². The van der Waals surface area contributed by atoms with Crippen LogP contribution >= 0.6 is 0 Å². The van der Waals surface area contributed by atoms with E-state index in [0.29, 0.717) is 31.5 Å². The molecule has 0 spiro atoms. The summed E-state index contributed by atoms with van der Waals surface area (Å²) in [7, 11) is 0. The summed E-state index contributed by atoms with van der Waals surface area (Å²) in [4.78, 5) is 26.1. The molecule has 180 valence electrons. The van der Waals surface area contributed by atoms with Gasteiger partial charge in [-0.2, -0.15) is 0 Å². The lowest BCUT2D eigenvalue weighted by atomic mass is 9.98. The number of nitrogens with zero attached hydrogens (tertiary/aromatic N) is 2. The molecule has 0 aliphatic carbocycles. The van der Waals surface area contributed by atoms with Gasteiger partial charge in [0, 0.05) is 18.5 Å². The van der Waals surface area contributed by atoms with Crippen LogP contribution in [-0.4, -0.2) is 53.5 Å². The van der Waals surface area contributed by atoms with Gasteiger partial charge in [0.15, 0.2) is 0 Å². The summed E-state index contributed by atoms with van der Waals surface area (Å²) in [5.41, 5.74) is 7.49. The third-order valence-corrected chi connectivity index (χ3v) is 5.68. The molecule has 8 nitrogen and oxygen atoms in total. The SMILES string of the molecule is CC(C)(N)C(=O)N[C@H](CCCc1ccccc1)c1nocc1CCOC(=O)N1CC[C@@H](F)C1. The van der Waals surface area contributed by atoms with Gasteiger partial charge in [0.05, 0.1) is 24.7 Å². The number of rotatable bonds is 10. The summed E-state index contributed by atoms with van der Waals surface area (Å²) >= 11 is 0. The molecule has 2 amide bonds. The number of alkyl halides is 1. The van der Waals surface area contributed by atoms with E-state index in [1.165, 1.54) is 16.7 Å². The predicted octanol–water partition coefficient (Wildman–Crippen LogP) is 3.32. The number of nitrogens with one attached hydrogen (secondary N) is 1. The summed E-state index contributed by atoms with van der Waals surface area (Å²) in [6.07, 6.45) is 3.01. The quantitative estimate of drug-likeness (QED) is 0.563. The lowest BCUT2D eigenvalue weighted by Gasteiger charge is -2.24. The number of aromatic nitrogens is 1. The minimum absolute atomic E-state index is 0.0712. The fourth-order valence-electron chi connectivity index (χ4n) is 3.74. The molecule has 1 saturated heterocycles. The highest BCUT2D eigenvalue weighted by Crippen LogP contribution is 2.24. The lowest BCUT2D eigenvalue weighted by molar-refractivity contribution is -0.126. The Balaban J connectivity index is 1.61. The van der Waals surface area contributed by atoms with Crippen LogP contribution in [0.3, 0.4) is 0 Å². The van der Waals surface area contributed by atoms with Gasteiger partial charge >= 0.3 is 6.09 Å². The average Bonchev–Trinajstić information content (AvgIpc) is 3.42. The summed E-state index contributed by atoms with van der Waals surface area (Å²) in [6.45, 7) is 3.83. The van der Waals surface area contributed by atoms with Crippen molar-refractivity contribution >= 4 is 12.0 Å². The summed E-state index contributed by atoms with van der Waals surface area (Å²) in [5, 5.41) is 7.12. The second-order valence-corrected chi connectivity index (χ2v) is 9.05. The Morgan fingerprint density at radius 2 is 2.09 bits per heavy atom. The second-order valence-electron chi connectivity index (χ2n) is 9.05. The van der Waals surface area contributed by atoms with Crippen molar-refractivity contribution in [3.05, 3.63) is 53.4 Å². The summed E-state index contributed by atoms with van der Waals surface area (Å²) < 4.78 is 23.8. The standard InChI is InChI=1S/C24H33FN4O4/c1-24(2,26)22(30)27-20(10-6-9-17-7-4-3-5-8-17)21-18(16-33-28-21)12-14-32-23(31)29-13-11-19(25)15-29/h3-5,7-8,16,19-20H,6,9-15,26H2,1-2H3,(H,27,30)/t19-,20-/m1/s1. The Labute approximate surface area is 193 Å². The van der Waals surface area contributed by atoms with Crippen molar-refractivity contribution in [3.8, 4) is 0 Å². The number of hydrogen-bond donors (Lipinski definition) is 2. The van der Waals surface area contributed by atoms with E-state index in [4.69, 9.17) is 15.0 Å².